The van der Waals surface area contributed by atoms with Gasteiger partial charge in [0.25, 0.3) is 0 Å². The van der Waals surface area contributed by atoms with Gasteiger partial charge in [-0.1, -0.05) is 18.2 Å². The number of benzene rings is 1. The van der Waals surface area contributed by atoms with Crippen LogP contribution in [0.5, 0.6) is 5.75 Å². The highest BCUT2D eigenvalue weighted by Crippen LogP contribution is 2.21. The number of hydrogen-bond acceptors (Lipinski definition) is 4. The number of methoxy groups -OCH3 is 1. The van der Waals surface area contributed by atoms with Gasteiger partial charge in [-0.3, -0.25) is 0 Å². The average Bonchev–Trinajstić information content (AvgIpc) is 2.39. The minimum absolute atomic E-state index is 0.184. The van der Waals surface area contributed by atoms with Crippen molar-refractivity contribution >= 4 is 12.0 Å². The average molecular weight is 250 g/mol. The molecule has 1 rings (SSSR count). The van der Waals surface area contributed by atoms with Crippen molar-refractivity contribution in [1.82, 2.24) is 0 Å². The summed E-state index contributed by atoms with van der Waals surface area (Å²) in [5.41, 5.74) is 0.775. The summed E-state index contributed by atoms with van der Waals surface area (Å²) in [6.45, 7) is 4.29. The molecule has 18 heavy (non-hydrogen) atoms. The highest BCUT2D eigenvalue weighted by atomic mass is 16.6. The predicted molar refractivity (Wildman–Crippen MR) is 69.2 cm³/mol. The summed E-state index contributed by atoms with van der Waals surface area (Å²) in [4.78, 5) is 11.7. The lowest BCUT2D eigenvalue weighted by molar-refractivity contribution is -0.142. The van der Waals surface area contributed by atoms with Crippen molar-refractivity contribution in [2.24, 2.45) is 0 Å². The SMILES string of the molecule is CCOC(=O)/C(=C/c1ccccc1OC)OCC. The Morgan fingerprint density at radius 2 is 1.83 bits per heavy atom. The molecule has 0 radical (unpaired) electrons. The van der Waals surface area contributed by atoms with Gasteiger partial charge in [-0.05, 0) is 26.0 Å². The van der Waals surface area contributed by atoms with Gasteiger partial charge in [0.1, 0.15) is 5.75 Å². The Balaban J connectivity index is 3.03. The zero-order valence-electron chi connectivity index (χ0n) is 10.9. The van der Waals surface area contributed by atoms with Crippen LogP contribution in [0, 0.1) is 0 Å². The summed E-state index contributed by atoms with van der Waals surface area (Å²) in [6.07, 6.45) is 1.63. The number of rotatable bonds is 6. The maximum atomic E-state index is 11.7. The first kappa shape index (κ1) is 14.1. The van der Waals surface area contributed by atoms with E-state index in [1.807, 2.05) is 31.2 Å². The second kappa shape index (κ2) is 7.37. The fourth-order valence-electron chi connectivity index (χ4n) is 1.44. The molecule has 0 atom stereocenters. The van der Waals surface area contributed by atoms with E-state index in [-0.39, 0.29) is 5.76 Å². The molecule has 1 aromatic rings. The van der Waals surface area contributed by atoms with E-state index in [4.69, 9.17) is 14.2 Å². The maximum Gasteiger partial charge on any atom is 0.373 e. The molecule has 0 fully saturated rings. The maximum absolute atomic E-state index is 11.7. The Kier molecular flexibility index (Phi) is 5.77. The smallest absolute Gasteiger partial charge is 0.373 e. The van der Waals surface area contributed by atoms with E-state index in [2.05, 4.69) is 0 Å². The highest BCUT2D eigenvalue weighted by molar-refractivity contribution is 5.91. The molecule has 0 aliphatic heterocycles. The van der Waals surface area contributed by atoms with E-state index in [0.29, 0.717) is 19.0 Å². The molecule has 0 spiro atoms. The topological polar surface area (TPSA) is 44.8 Å². The monoisotopic (exact) mass is 250 g/mol. The van der Waals surface area contributed by atoms with E-state index in [9.17, 15) is 4.79 Å². The Morgan fingerprint density at radius 1 is 1.17 bits per heavy atom. The van der Waals surface area contributed by atoms with Gasteiger partial charge in [-0.2, -0.15) is 0 Å². The van der Waals surface area contributed by atoms with E-state index in [1.165, 1.54) is 0 Å². The van der Waals surface area contributed by atoms with Crippen LogP contribution in [-0.4, -0.2) is 26.3 Å². The zero-order valence-corrected chi connectivity index (χ0v) is 10.9. The van der Waals surface area contributed by atoms with Crippen LogP contribution >= 0.6 is 0 Å². The van der Waals surface area contributed by atoms with Crippen LogP contribution in [0.1, 0.15) is 19.4 Å². The Labute approximate surface area is 107 Å². The quantitative estimate of drug-likeness (QED) is 0.442. The third-order valence-corrected chi connectivity index (χ3v) is 2.20. The van der Waals surface area contributed by atoms with Crippen molar-refractivity contribution in [3.05, 3.63) is 35.6 Å². The first-order valence-electron chi connectivity index (χ1n) is 5.87. The molecule has 0 amide bonds. The van der Waals surface area contributed by atoms with Crippen LogP contribution in [-0.2, 0) is 14.3 Å². The molecule has 0 saturated heterocycles. The molecule has 0 aliphatic rings. The summed E-state index contributed by atoms with van der Waals surface area (Å²) >= 11 is 0. The van der Waals surface area contributed by atoms with Gasteiger partial charge >= 0.3 is 5.97 Å². The van der Waals surface area contributed by atoms with Gasteiger partial charge in [-0.25, -0.2) is 4.79 Å². The largest absolute Gasteiger partial charge is 0.496 e. The van der Waals surface area contributed by atoms with Crippen molar-refractivity contribution in [3.63, 3.8) is 0 Å². The first-order valence-corrected chi connectivity index (χ1v) is 5.87. The predicted octanol–water partition coefficient (Wildman–Crippen LogP) is 2.64. The van der Waals surface area contributed by atoms with Crippen molar-refractivity contribution < 1.29 is 19.0 Å². The molecule has 0 unspecified atom stereocenters. The Morgan fingerprint density at radius 3 is 2.44 bits per heavy atom. The van der Waals surface area contributed by atoms with Crippen LogP contribution in [0.3, 0.4) is 0 Å². The molecular formula is C14H18O4. The summed E-state index contributed by atoms with van der Waals surface area (Å²) in [5.74, 6) is 0.396. The second-order valence-electron chi connectivity index (χ2n) is 3.40. The summed E-state index contributed by atoms with van der Waals surface area (Å²) < 4.78 is 15.4. The molecule has 4 heteroatoms. The summed E-state index contributed by atoms with van der Waals surface area (Å²) in [6, 6.07) is 7.39. The Bertz CT molecular complexity index is 424. The van der Waals surface area contributed by atoms with Crippen molar-refractivity contribution in [3.8, 4) is 5.75 Å². The molecule has 0 heterocycles. The molecule has 0 saturated carbocycles. The molecule has 0 N–H and O–H groups in total. The van der Waals surface area contributed by atoms with Gasteiger partial charge in [0.15, 0.2) is 0 Å². The molecule has 98 valence electrons. The van der Waals surface area contributed by atoms with Crippen molar-refractivity contribution in [1.29, 1.82) is 0 Å². The lowest BCUT2D eigenvalue weighted by atomic mass is 10.2. The second-order valence-corrected chi connectivity index (χ2v) is 3.40. The van der Waals surface area contributed by atoms with Gasteiger partial charge in [0.05, 0.1) is 20.3 Å². The molecule has 4 nitrogen and oxygen atoms in total. The lowest BCUT2D eigenvalue weighted by Crippen LogP contribution is -2.10. The fourth-order valence-corrected chi connectivity index (χ4v) is 1.44. The van der Waals surface area contributed by atoms with Crippen LogP contribution in [0.15, 0.2) is 30.0 Å². The minimum atomic E-state index is -0.467. The van der Waals surface area contributed by atoms with E-state index in [0.717, 1.165) is 5.56 Å². The normalized spacial score (nSPS) is 10.9. The highest BCUT2D eigenvalue weighted by Gasteiger charge is 2.12. The third kappa shape index (κ3) is 3.80. The van der Waals surface area contributed by atoms with Crippen molar-refractivity contribution in [2.75, 3.05) is 20.3 Å². The number of carbonyl (C=O) groups excluding carboxylic acids is 1. The number of carbonyl (C=O) groups is 1. The number of esters is 1. The van der Waals surface area contributed by atoms with Crippen LogP contribution in [0.4, 0.5) is 0 Å². The van der Waals surface area contributed by atoms with E-state index in [1.54, 1.807) is 20.1 Å². The van der Waals surface area contributed by atoms with Crippen molar-refractivity contribution in [2.45, 2.75) is 13.8 Å². The zero-order chi connectivity index (χ0) is 13.4. The van der Waals surface area contributed by atoms with Gasteiger partial charge in [-0.15, -0.1) is 0 Å². The number of para-hydroxylation sites is 1. The van der Waals surface area contributed by atoms with Crippen LogP contribution < -0.4 is 4.74 Å². The van der Waals surface area contributed by atoms with Gasteiger partial charge in [0.2, 0.25) is 5.76 Å². The lowest BCUT2D eigenvalue weighted by Gasteiger charge is -2.09. The molecular weight excluding hydrogens is 232 g/mol. The first-order chi connectivity index (χ1) is 8.72. The third-order valence-electron chi connectivity index (χ3n) is 2.20. The molecule has 0 bridgehead atoms. The standard InChI is InChI=1S/C14H18O4/c1-4-17-13(14(15)18-5-2)10-11-8-6-7-9-12(11)16-3/h6-10H,4-5H2,1-3H3/b13-10-. The number of hydrogen-bond donors (Lipinski definition) is 0. The van der Waals surface area contributed by atoms with Crippen LogP contribution in [0.2, 0.25) is 0 Å². The summed E-state index contributed by atoms with van der Waals surface area (Å²) in [5, 5.41) is 0. The van der Waals surface area contributed by atoms with Gasteiger partial charge in [0, 0.05) is 5.56 Å². The van der Waals surface area contributed by atoms with Crippen LogP contribution in [0.25, 0.3) is 6.08 Å². The minimum Gasteiger partial charge on any atom is -0.496 e. The van der Waals surface area contributed by atoms with Gasteiger partial charge < -0.3 is 14.2 Å². The molecule has 1 aromatic carbocycles. The Hall–Kier alpha value is -1.97. The fraction of sp³-hybridized carbons (Fsp3) is 0.357. The van der Waals surface area contributed by atoms with E-state index < -0.39 is 5.97 Å². The molecule has 0 aliphatic carbocycles. The molecule has 0 aromatic heterocycles. The summed E-state index contributed by atoms with van der Waals surface area (Å²) in [7, 11) is 1.58. The number of ether oxygens (including phenoxy) is 3. The van der Waals surface area contributed by atoms with E-state index >= 15 is 0 Å².